The van der Waals surface area contributed by atoms with Crippen molar-refractivity contribution < 1.29 is 37.3 Å². The Balaban J connectivity index is 0.721. The number of fused-ring (bicyclic) bond motifs is 2. The van der Waals surface area contributed by atoms with Gasteiger partial charge in [0.05, 0.1) is 34.3 Å². The van der Waals surface area contributed by atoms with Crippen LogP contribution in [0.1, 0.15) is 102 Å². The second kappa shape index (κ2) is 23.5. The van der Waals surface area contributed by atoms with Crippen LogP contribution in [0.2, 0.25) is 5.02 Å². The van der Waals surface area contributed by atoms with E-state index in [0.29, 0.717) is 65.7 Å². The van der Waals surface area contributed by atoms with Crippen molar-refractivity contribution in [1.82, 2.24) is 44.8 Å². The van der Waals surface area contributed by atoms with E-state index < -0.39 is 43.4 Å². The molecule has 2 saturated heterocycles. The van der Waals surface area contributed by atoms with E-state index in [0.717, 1.165) is 61.6 Å². The minimum Gasteiger partial charge on any atom is -0.455 e. The highest BCUT2D eigenvalue weighted by Crippen LogP contribution is 2.44. The molecule has 23 heteroatoms. The summed E-state index contributed by atoms with van der Waals surface area (Å²) in [6, 6.07) is 24.6. The second-order valence-electron chi connectivity index (χ2n) is 21.9. The zero-order valence-electron chi connectivity index (χ0n) is 45.6. The monoisotopic (exact) mass is 1160 g/mol. The van der Waals surface area contributed by atoms with E-state index in [1.54, 1.807) is 47.4 Å². The van der Waals surface area contributed by atoms with Gasteiger partial charge in [0.15, 0.2) is 0 Å². The van der Waals surface area contributed by atoms with Crippen LogP contribution < -0.4 is 25.0 Å². The number of halogens is 1. The summed E-state index contributed by atoms with van der Waals surface area (Å²) in [6.45, 7) is 9.14. The van der Waals surface area contributed by atoms with Crippen LogP contribution in [0.25, 0.3) is 16.6 Å². The lowest BCUT2D eigenvalue weighted by Gasteiger charge is -2.39. The Labute approximate surface area is 483 Å². The first-order valence-electron chi connectivity index (χ1n) is 27.4. The van der Waals surface area contributed by atoms with Gasteiger partial charge in [-0.3, -0.25) is 44.2 Å². The van der Waals surface area contributed by atoms with Crippen molar-refractivity contribution in [2.45, 2.75) is 89.4 Å². The first-order chi connectivity index (χ1) is 39.9. The molecule has 1 aliphatic carbocycles. The molecule has 2 fully saturated rings. The number of carbonyl (C=O) groups excluding carboxylic acids is 4. The fourth-order valence-electron chi connectivity index (χ4n) is 11.1. The number of carbonyl (C=O) groups is 4. The van der Waals surface area contributed by atoms with Gasteiger partial charge in [0.2, 0.25) is 11.8 Å². The Hall–Kier alpha value is -8.91. The molecule has 4 amide bonds. The van der Waals surface area contributed by atoms with Crippen molar-refractivity contribution >= 4 is 78.9 Å². The smallest absolute Gasteiger partial charge is 0.293 e. The molecular formula is C60H59ClN12O9S. The summed E-state index contributed by atoms with van der Waals surface area (Å²) in [5, 5.41) is 27.5. The van der Waals surface area contributed by atoms with Crippen LogP contribution in [0, 0.1) is 27.4 Å². The third-order valence-corrected chi connectivity index (χ3v) is 17.2. The number of nitro benzene ring substituents is 1. The lowest BCUT2D eigenvalue weighted by molar-refractivity contribution is -0.384. The van der Waals surface area contributed by atoms with Crippen molar-refractivity contribution in [1.29, 1.82) is 0 Å². The number of H-pyrrole nitrogens is 1. The number of benzene rings is 4. The summed E-state index contributed by atoms with van der Waals surface area (Å²) in [5.74, 6) is 4.60. The van der Waals surface area contributed by atoms with Gasteiger partial charge in [-0.15, -0.1) is 5.10 Å². The summed E-state index contributed by atoms with van der Waals surface area (Å²) in [6.07, 6.45) is 9.56. The number of allylic oxidation sites excluding steroid dienone is 1. The highest BCUT2D eigenvalue weighted by atomic mass is 35.5. The molecule has 0 bridgehead atoms. The molecule has 4 aliphatic rings. The van der Waals surface area contributed by atoms with Gasteiger partial charge in [-0.1, -0.05) is 66.3 Å². The Morgan fingerprint density at radius 2 is 1.81 bits per heavy atom. The average molecular weight is 1160 g/mol. The molecule has 7 aromatic rings. The van der Waals surface area contributed by atoms with E-state index >= 15 is 0 Å². The number of nitrogens with one attached hydrogen (secondary N) is 4. The molecule has 0 saturated carbocycles. The lowest BCUT2D eigenvalue weighted by Crippen LogP contribution is -2.52. The molecule has 21 nitrogen and oxygen atoms in total. The highest BCUT2D eigenvalue weighted by molar-refractivity contribution is 7.90. The number of aromatic nitrogens is 5. The summed E-state index contributed by atoms with van der Waals surface area (Å²) in [5.41, 5.74) is 7.39. The summed E-state index contributed by atoms with van der Waals surface area (Å²) >= 11 is 6.26. The molecule has 4 aromatic carbocycles. The van der Waals surface area contributed by atoms with Crippen LogP contribution in [0.3, 0.4) is 0 Å². The van der Waals surface area contributed by atoms with Crippen molar-refractivity contribution in [3.8, 4) is 23.3 Å². The Morgan fingerprint density at radius 3 is 2.60 bits per heavy atom. The quantitative estimate of drug-likeness (QED) is 0.0219. The Kier molecular flexibility index (Phi) is 15.9. The molecule has 4 N–H and O–H groups in total. The Bertz CT molecular complexity index is 3930. The number of unbranched alkanes of at least 4 members (excludes halogenated alkanes) is 1. The molecule has 1 unspecified atom stereocenters. The first-order valence-corrected chi connectivity index (χ1v) is 29.2. The summed E-state index contributed by atoms with van der Waals surface area (Å²) in [7, 11) is -4.68. The maximum absolute atomic E-state index is 14.1. The third-order valence-electron chi connectivity index (χ3n) is 15.6. The molecule has 1 atom stereocenters. The van der Waals surface area contributed by atoms with Crippen LogP contribution in [0.5, 0.6) is 11.5 Å². The van der Waals surface area contributed by atoms with Gasteiger partial charge in [-0.2, -0.15) is 0 Å². The van der Waals surface area contributed by atoms with Gasteiger partial charge < -0.3 is 24.8 Å². The van der Waals surface area contributed by atoms with Crippen LogP contribution >= 0.6 is 11.6 Å². The Morgan fingerprint density at radius 1 is 0.988 bits per heavy atom. The molecular weight excluding hydrogens is 1100 g/mol. The second-order valence-corrected chi connectivity index (χ2v) is 24.0. The van der Waals surface area contributed by atoms with Crippen molar-refractivity contribution in [2.24, 2.45) is 5.41 Å². The molecule has 3 aliphatic heterocycles. The number of aromatic amines is 1. The van der Waals surface area contributed by atoms with E-state index in [2.05, 4.69) is 83.3 Å². The number of sulfonamides is 1. The first kappa shape index (κ1) is 56.0. The number of piperidine rings is 1. The van der Waals surface area contributed by atoms with Gasteiger partial charge in [0, 0.05) is 104 Å². The largest absolute Gasteiger partial charge is 0.455 e. The number of hydrogen-bond acceptors (Lipinski definition) is 15. The minimum absolute atomic E-state index is 0.0114. The molecule has 0 spiro atoms. The number of anilines is 2. The molecule has 3 aromatic heterocycles. The van der Waals surface area contributed by atoms with E-state index in [4.69, 9.17) is 16.3 Å². The van der Waals surface area contributed by atoms with Crippen LogP contribution in [-0.4, -0.2) is 110 Å². The summed E-state index contributed by atoms with van der Waals surface area (Å²) in [4.78, 5) is 76.3. The van der Waals surface area contributed by atoms with Crippen LogP contribution in [-0.2, 0) is 39.2 Å². The van der Waals surface area contributed by atoms with Gasteiger partial charge in [-0.25, -0.2) is 18.1 Å². The number of pyridine rings is 1. The van der Waals surface area contributed by atoms with Crippen LogP contribution in [0.15, 0.2) is 120 Å². The fraction of sp³-hybridized carbons (Fsp3) is 0.317. The van der Waals surface area contributed by atoms with E-state index in [1.165, 1.54) is 46.0 Å². The molecule has 426 valence electrons. The third kappa shape index (κ3) is 12.6. The maximum Gasteiger partial charge on any atom is 0.293 e. The number of aryl methyl sites for hydroxylation is 1. The summed E-state index contributed by atoms with van der Waals surface area (Å²) < 4.78 is 37.9. The number of nitrogens with zero attached hydrogens (tertiary/aromatic N) is 8. The zero-order chi connectivity index (χ0) is 58.0. The number of piperazine rings is 1. The average Bonchev–Trinajstić information content (AvgIpc) is 4.44. The topological polar surface area (TPSA) is 260 Å². The normalized spacial score (nSPS) is 17.2. The predicted octanol–water partition coefficient (Wildman–Crippen LogP) is 8.62. The van der Waals surface area contributed by atoms with Gasteiger partial charge in [0.1, 0.15) is 34.6 Å². The number of ether oxygens (including phenoxy) is 1. The van der Waals surface area contributed by atoms with Gasteiger partial charge in [-0.05, 0) is 115 Å². The zero-order valence-corrected chi connectivity index (χ0v) is 47.2. The number of hydrogen-bond donors (Lipinski definition) is 4. The molecule has 6 heterocycles. The van der Waals surface area contributed by atoms with Crippen molar-refractivity contribution in [2.75, 3.05) is 42.9 Å². The standard InChI is InChI=1S/C60H59ClN12O9S/c1-60(2)22-20-41(49(32-60)39-10-12-42(61)13-11-39)35-69-25-27-70(28-26-69)44-14-16-48(54(30-44)82-45-29-40-21-23-62-56(40)64-34-45)57(75)67-83(80,81)46-15-17-51(53(31-46)73(78)79)63-33-43-36-71(68-66-43)24-5-3-4-7-38-8-6-9-47-50(38)37-72(59(47)77)52-18-19-55(74)65-58(52)76/h6,8-17,21,23,29-31,34,36,52,63H,3,5,18-20,22,24-28,32-33,35,37H2,1-2H3,(H,62,64)(H,67,75)(H,65,74,76). The molecule has 11 rings (SSSR count). The van der Waals surface area contributed by atoms with E-state index in [1.807, 2.05) is 24.3 Å². The fourth-order valence-corrected chi connectivity index (χ4v) is 12.2. The molecule has 0 radical (unpaired) electrons. The number of rotatable bonds is 17. The number of imide groups is 1. The number of nitro groups is 1. The van der Waals surface area contributed by atoms with Gasteiger partial charge >= 0.3 is 0 Å². The number of amides is 4. The maximum atomic E-state index is 14.1. The van der Waals surface area contributed by atoms with E-state index in [9.17, 15) is 37.7 Å². The van der Waals surface area contributed by atoms with Crippen molar-refractivity contribution in [3.63, 3.8) is 0 Å². The lowest BCUT2D eigenvalue weighted by atomic mass is 9.72. The minimum atomic E-state index is -4.68. The highest BCUT2D eigenvalue weighted by Gasteiger charge is 2.40. The van der Waals surface area contributed by atoms with E-state index in [-0.39, 0.29) is 60.2 Å². The van der Waals surface area contributed by atoms with Gasteiger partial charge in [0.25, 0.3) is 27.5 Å². The van der Waals surface area contributed by atoms with Crippen LogP contribution in [0.4, 0.5) is 17.1 Å². The molecule has 83 heavy (non-hydrogen) atoms. The predicted molar refractivity (Wildman–Crippen MR) is 311 cm³/mol. The van der Waals surface area contributed by atoms with Crippen molar-refractivity contribution in [3.05, 3.63) is 164 Å². The SMILES string of the molecule is CC1(C)CCC(CN2CCN(c3ccc(C(=O)NS(=O)(=O)c4ccc(NCc5cn(CCCC#Cc6cccc7c6CN(C6CCC(=O)NC6=O)C7=O)nn5)c([N+](=O)[O-])c4)c(Oc4cnc5[nH]ccc5c4)c3)CC2)=C(c2ccc(Cl)cc2)C1.